The van der Waals surface area contributed by atoms with Crippen LogP contribution in [0.5, 0.6) is 0 Å². The van der Waals surface area contributed by atoms with Gasteiger partial charge in [-0.05, 0) is 36.8 Å². The van der Waals surface area contributed by atoms with Crippen molar-refractivity contribution in [3.05, 3.63) is 51.8 Å². The van der Waals surface area contributed by atoms with Crippen LogP contribution in [0.4, 0.5) is 4.39 Å². The summed E-state index contributed by atoms with van der Waals surface area (Å²) in [7, 11) is 0. The fourth-order valence-electron chi connectivity index (χ4n) is 2.46. The van der Waals surface area contributed by atoms with Crippen LogP contribution in [0.1, 0.15) is 16.1 Å². The third-order valence-corrected chi connectivity index (χ3v) is 3.73. The lowest BCUT2D eigenvalue weighted by Gasteiger charge is -2.26. The Morgan fingerprint density at radius 2 is 2.04 bits per heavy atom. The number of benzene rings is 1. The van der Waals surface area contributed by atoms with E-state index in [9.17, 15) is 14.0 Å². The van der Waals surface area contributed by atoms with Crippen LogP contribution < -0.4 is 5.69 Å². The predicted octanol–water partition coefficient (Wildman–Crippen LogP) is 1.36. The highest BCUT2D eigenvalue weighted by molar-refractivity contribution is 5.93. The number of nitrogens with zero attached hydrogens (tertiary/aromatic N) is 2. The molecule has 7 heteroatoms. The molecule has 1 aliphatic heterocycles. The number of ether oxygens (including phenoxy) is 1. The molecule has 1 aromatic carbocycles. The van der Waals surface area contributed by atoms with Gasteiger partial charge in [-0.25, -0.2) is 9.18 Å². The van der Waals surface area contributed by atoms with Gasteiger partial charge in [0.2, 0.25) is 0 Å². The molecule has 23 heavy (non-hydrogen) atoms. The van der Waals surface area contributed by atoms with Crippen LogP contribution in [0, 0.1) is 12.7 Å². The summed E-state index contributed by atoms with van der Waals surface area (Å²) in [5.74, 6) is -0.601. The average molecular weight is 317 g/mol. The third kappa shape index (κ3) is 3.29. The van der Waals surface area contributed by atoms with Crippen molar-refractivity contribution >= 4 is 5.91 Å². The number of carbonyl (C=O) groups is 1. The molecule has 0 unspecified atom stereocenters. The van der Waals surface area contributed by atoms with Crippen molar-refractivity contribution in [3.8, 4) is 11.3 Å². The Labute approximate surface area is 131 Å². The number of amides is 1. The fourth-order valence-corrected chi connectivity index (χ4v) is 2.46. The van der Waals surface area contributed by atoms with Crippen LogP contribution in [0.15, 0.2) is 29.1 Å². The van der Waals surface area contributed by atoms with Crippen molar-refractivity contribution in [2.45, 2.75) is 6.92 Å². The minimum atomic E-state index is -0.610. The number of halogens is 1. The Kier molecular flexibility index (Phi) is 4.20. The van der Waals surface area contributed by atoms with Crippen LogP contribution in [0.3, 0.4) is 0 Å². The molecule has 1 fully saturated rings. The zero-order valence-electron chi connectivity index (χ0n) is 12.6. The van der Waals surface area contributed by atoms with E-state index >= 15 is 0 Å². The third-order valence-electron chi connectivity index (χ3n) is 3.73. The smallest absolute Gasteiger partial charge is 0.346 e. The van der Waals surface area contributed by atoms with E-state index < -0.39 is 5.69 Å². The summed E-state index contributed by atoms with van der Waals surface area (Å²) in [6, 6.07) is 5.97. The second kappa shape index (κ2) is 6.29. The van der Waals surface area contributed by atoms with E-state index in [1.54, 1.807) is 17.9 Å². The highest BCUT2D eigenvalue weighted by Gasteiger charge is 2.20. The van der Waals surface area contributed by atoms with Gasteiger partial charge in [0.1, 0.15) is 11.5 Å². The van der Waals surface area contributed by atoms with Gasteiger partial charge in [-0.3, -0.25) is 4.79 Å². The molecule has 2 heterocycles. The molecule has 0 atom stereocenters. The molecule has 3 rings (SSSR count). The summed E-state index contributed by atoms with van der Waals surface area (Å²) < 4.78 is 18.6. The van der Waals surface area contributed by atoms with E-state index in [-0.39, 0.29) is 17.4 Å². The maximum absolute atomic E-state index is 13.4. The molecule has 1 saturated heterocycles. The summed E-state index contributed by atoms with van der Waals surface area (Å²) >= 11 is 0. The van der Waals surface area contributed by atoms with Gasteiger partial charge < -0.3 is 14.6 Å². The van der Waals surface area contributed by atoms with Gasteiger partial charge in [-0.1, -0.05) is 0 Å². The number of hydrogen-bond donors (Lipinski definition) is 1. The second-order valence-corrected chi connectivity index (χ2v) is 5.35. The topological polar surface area (TPSA) is 75.3 Å². The van der Waals surface area contributed by atoms with Crippen molar-refractivity contribution in [3.63, 3.8) is 0 Å². The van der Waals surface area contributed by atoms with E-state index in [2.05, 4.69) is 9.97 Å². The van der Waals surface area contributed by atoms with Gasteiger partial charge in [0.05, 0.1) is 18.9 Å². The van der Waals surface area contributed by atoms with Crippen LogP contribution in [-0.2, 0) is 4.74 Å². The van der Waals surface area contributed by atoms with Gasteiger partial charge in [-0.15, -0.1) is 0 Å². The van der Waals surface area contributed by atoms with Crippen molar-refractivity contribution in [1.29, 1.82) is 0 Å². The summed E-state index contributed by atoms with van der Waals surface area (Å²) in [6.45, 7) is 3.55. The van der Waals surface area contributed by atoms with Gasteiger partial charge in [0, 0.05) is 18.7 Å². The van der Waals surface area contributed by atoms with Crippen molar-refractivity contribution in [1.82, 2.24) is 14.9 Å². The van der Waals surface area contributed by atoms with Crippen LogP contribution in [0.25, 0.3) is 11.3 Å². The number of aromatic amines is 1. The molecule has 1 aromatic heterocycles. The minimum absolute atomic E-state index is 0.170. The first-order chi connectivity index (χ1) is 11.0. The molecular formula is C16H16FN3O3. The first kappa shape index (κ1) is 15.4. The number of aromatic nitrogens is 2. The minimum Gasteiger partial charge on any atom is -0.378 e. The summed E-state index contributed by atoms with van der Waals surface area (Å²) in [5.41, 5.74) is 0.940. The van der Waals surface area contributed by atoms with E-state index in [4.69, 9.17) is 4.74 Å². The lowest BCUT2D eigenvalue weighted by molar-refractivity contribution is 0.0298. The van der Waals surface area contributed by atoms with E-state index in [0.717, 1.165) is 0 Å². The first-order valence-corrected chi connectivity index (χ1v) is 7.29. The van der Waals surface area contributed by atoms with Gasteiger partial charge in [-0.2, -0.15) is 4.98 Å². The number of rotatable bonds is 2. The Balaban J connectivity index is 1.97. The zero-order chi connectivity index (χ0) is 16.4. The highest BCUT2D eigenvalue weighted by Crippen LogP contribution is 2.20. The quantitative estimate of drug-likeness (QED) is 0.907. The number of morpholine rings is 1. The Bertz CT molecular complexity index is 797. The molecule has 0 saturated carbocycles. The Hall–Kier alpha value is -2.54. The largest absolute Gasteiger partial charge is 0.378 e. The molecule has 1 N–H and O–H groups in total. The molecule has 0 bridgehead atoms. The number of carbonyl (C=O) groups excluding carboxylic acids is 1. The predicted molar refractivity (Wildman–Crippen MR) is 81.7 cm³/mol. The zero-order valence-corrected chi connectivity index (χ0v) is 12.6. The number of aryl methyl sites for hydroxylation is 1. The van der Waals surface area contributed by atoms with Crippen molar-refractivity contribution in [2.24, 2.45) is 0 Å². The summed E-state index contributed by atoms with van der Waals surface area (Å²) in [6.07, 6.45) is 0. The van der Waals surface area contributed by atoms with Crippen LogP contribution in [-0.4, -0.2) is 47.1 Å². The highest BCUT2D eigenvalue weighted by atomic mass is 19.1. The molecule has 0 radical (unpaired) electrons. The summed E-state index contributed by atoms with van der Waals surface area (Å²) in [5, 5.41) is 0. The molecule has 0 spiro atoms. The van der Waals surface area contributed by atoms with Crippen LogP contribution in [0.2, 0.25) is 0 Å². The van der Waals surface area contributed by atoms with Gasteiger partial charge in [0.25, 0.3) is 5.91 Å². The number of hydrogen-bond acceptors (Lipinski definition) is 4. The second-order valence-electron chi connectivity index (χ2n) is 5.35. The van der Waals surface area contributed by atoms with E-state index in [1.165, 1.54) is 18.2 Å². The molecule has 0 aliphatic carbocycles. The first-order valence-electron chi connectivity index (χ1n) is 7.29. The molecule has 120 valence electrons. The molecule has 6 nitrogen and oxygen atoms in total. The lowest BCUT2D eigenvalue weighted by atomic mass is 10.1. The van der Waals surface area contributed by atoms with Gasteiger partial charge in [0.15, 0.2) is 0 Å². The Morgan fingerprint density at radius 3 is 2.74 bits per heavy atom. The van der Waals surface area contributed by atoms with Gasteiger partial charge >= 0.3 is 5.69 Å². The number of H-pyrrole nitrogens is 1. The van der Waals surface area contributed by atoms with Crippen molar-refractivity contribution < 1.29 is 13.9 Å². The Morgan fingerprint density at radius 1 is 1.30 bits per heavy atom. The normalized spacial score (nSPS) is 14.8. The lowest BCUT2D eigenvalue weighted by Crippen LogP contribution is -2.41. The standard InChI is InChI=1S/C16H16FN3O3/c1-10-8-11(2-3-12(10)17)13-9-14(19-16(22)18-13)15(21)20-4-6-23-7-5-20/h2-3,8-9H,4-7H2,1H3,(H,18,19,22). The fraction of sp³-hybridized carbons (Fsp3) is 0.312. The summed E-state index contributed by atoms with van der Waals surface area (Å²) in [4.78, 5) is 32.2. The molecule has 1 aliphatic rings. The van der Waals surface area contributed by atoms with E-state index in [0.29, 0.717) is 43.1 Å². The van der Waals surface area contributed by atoms with E-state index in [1.807, 2.05) is 0 Å². The SMILES string of the molecule is Cc1cc(-c2cc(C(=O)N3CCOCC3)[nH]c(=O)n2)ccc1F. The maximum atomic E-state index is 13.4. The van der Waals surface area contributed by atoms with Crippen molar-refractivity contribution in [2.75, 3.05) is 26.3 Å². The maximum Gasteiger partial charge on any atom is 0.346 e. The molecule has 2 aromatic rings. The number of nitrogens with one attached hydrogen (secondary N) is 1. The average Bonchev–Trinajstić information content (AvgIpc) is 2.57. The molecular weight excluding hydrogens is 301 g/mol. The monoisotopic (exact) mass is 317 g/mol. The molecule has 1 amide bonds. The van der Waals surface area contributed by atoms with Crippen LogP contribution >= 0.6 is 0 Å².